The highest BCUT2D eigenvalue weighted by molar-refractivity contribution is 5.88. The fraction of sp³-hybridized carbons (Fsp3) is 0.632. The maximum atomic E-state index is 11.0. The Labute approximate surface area is 134 Å². The van der Waals surface area contributed by atoms with Gasteiger partial charge in [-0.1, -0.05) is 45.7 Å². The number of hydrogen-bond donors (Lipinski definition) is 2. The average molecular weight is 302 g/mol. The molecule has 3 heteroatoms. The predicted octanol–water partition coefficient (Wildman–Crippen LogP) is 4.34. The topological polar surface area (TPSA) is 41.1 Å². The molecule has 122 valence electrons. The normalized spacial score (nSPS) is 22.4. The van der Waals surface area contributed by atoms with Gasteiger partial charge in [0.15, 0.2) is 0 Å². The van der Waals surface area contributed by atoms with Gasteiger partial charge in [0, 0.05) is 25.2 Å². The summed E-state index contributed by atoms with van der Waals surface area (Å²) in [7, 11) is 0. The van der Waals surface area contributed by atoms with Gasteiger partial charge < -0.3 is 10.6 Å². The summed E-state index contributed by atoms with van der Waals surface area (Å²) >= 11 is 0. The van der Waals surface area contributed by atoms with Gasteiger partial charge in [-0.15, -0.1) is 0 Å². The van der Waals surface area contributed by atoms with Crippen molar-refractivity contribution < 1.29 is 4.79 Å². The molecule has 22 heavy (non-hydrogen) atoms. The number of hydrogen-bond acceptors (Lipinski definition) is 2. The fourth-order valence-electron chi connectivity index (χ4n) is 3.57. The van der Waals surface area contributed by atoms with Crippen molar-refractivity contribution in [1.82, 2.24) is 5.32 Å². The second kappa shape index (κ2) is 7.28. The summed E-state index contributed by atoms with van der Waals surface area (Å²) in [5.74, 6) is 0.723. The van der Waals surface area contributed by atoms with E-state index in [4.69, 9.17) is 0 Å². The highest BCUT2D eigenvalue weighted by Gasteiger charge is 2.33. The molecule has 1 aliphatic rings. The van der Waals surface area contributed by atoms with Gasteiger partial charge in [-0.2, -0.15) is 0 Å². The van der Waals surface area contributed by atoms with E-state index in [1.807, 2.05) is 12.1 Å². The minimum absolute atomic E-state index is 0.0268. The smallest absolute Gasteiger partial charge is 0.221 e. The van der Waals surface area contributed by atoms with E-state index in [0.29, 0.717) is 11.5 Å². The van der Waals surface area contributed by atoms with Crippen LogP contribution in [0.3, 0.4) is 0 Å². The monoisotopic (exact) mass is 302 g/mol. The van der Waals surface area contributed by atoms with Crippen molar-refractivity contribution >= 4 is 11.6 Å². The molecular formula is C19H30N2O. The van der Waals surface area contributed by atoms with E-state index in [0.717, 1.165) is 18.2 Å². The predicted molar refractivity (Wildman–Crippen MR) is 92.8 cm³/mol. The summed E-state index contributed by atoms with van der Waals surface area (Å²) in [4.78, 5) is 11.0. The Balaban J connectivity index is 1.92. The number of rotatable bonds is 4. The molecule has 0 saturated heterocycles. The Morgan fingerprint density at radius 3 is 2.36 bits per heavy atom. The van der Waals surface area contributed by atoms with Crippen LogP contribution in [0, 0.1) is 11.3 Å². The molecule has 0 aromatic heterocycles. The summed E-state index contributed by atoms with van der Waals surface area (Å²) in [5.41, 5.74) is 2.50. The van der Waals surface area contributed by atoms with Crippen LogP contribution in [0.2, 0.25) is 0 Å². The van der Waals surface area contributed by atoms with Crippen molar-refractivity contribution in [3.8, 4) is 0 Å². The molecular weight excluding hydrogens is 272 g/mol. The SMILES string of the molecule is CC(=O)Nc1ccc(CN[C@@H]2CCCC[C@@H]2C(C)(C)C)cc1. The molecule has 0 unspecified atom stereocenters. The van der Waals surface area contributed by atoms with Gasteiger partial charge in [0.25, 0.3) is 0 Å². The molecule has 2 rings (SSSR count). The minimum atomic E-state index is -0.0268. The van der Waals surface area contributed by atoms with Gasteiger partial charge in [0.1, 0.15) is 0 Å². The molecule has 0 radical (unpaired) electrons. The van der Waals surface area contributed by atoms with E-state index >= 15 is 0 Å². The molecule has 3 nitrogen and oxygen atoms in total. The Morgan fingerprint density at radius 1 is 1.14 bits per heavy atom. The standard InChI is InChI=1S/C19H30N2O/c1-14(22)21-16-11-9-15(10-12-16)13-20-18-8-6-5-7-17(18)19(2,3)4/h9-12,17-18,20H,5-8,13H2,1-4H3,(H,21,22)/t17-,18+/m0/s1. The lowest BCUT2D eigenvalue weighted by Crippen LogP contribution is -2.43. The van der Waals surface area contributed by atoms with E-state index in [9.17, 15) is 4.79 Å². The zero-order chi connectivity index (χ0) is 16.2. The first-order chi connectivity index (χ1) is 10.4. The molecule has 2 N–H and O–H groups in total. The molecule has 2 atom stereocenters. The second-order valence-corrected chi connectivity index (χ2v) is 7.62. The van der Waals surface area contributed by atoms with Crippen molar-refractivity contribution in [2.45, 2.75) is 66.0 Å². The van der Waals surface area contributed by atoms with Crippen LogP contribution in [0.4, 0.5) is 5.69 Å². The zero-order valence-electron chi connectivity index (χ0n) is 14.4. The third-order valence-corrected chi connectivity index (χ3v) is 4.72. The quantitative estimate of drug-likeness (QED) is 0.868. The maximum Gasteiger partial charge on any atom is 0.221 e. The molecule has 0 heterocycles. The number of nitrogens with one attached hydrogen (secondary N) is 2. The Bertz CT molecular complexity index is 487. The van der Waals surface area contributed by atoms with E-state index in [1.54, 1.807) is 0 Å². The lowest BCUT2D eigenvalue weighted by atomic mass is 9.69. The summed E-state index contributed by atoms with van der Waals surface area (Å²) in [5, 5.41) is 6.57. The number of carbonyl (C=O) groups is 1. The van der Waals surface area contributed by atoms with E-state index in [1.165, 1.54) is 38.2 Å². The number of carbonyl (C=O) groups excluding carboxylic acids is 1. The van der Waals surface area contributed by atoms with Crippen molar-refractivity contribution in [2.24, 2.45) is 11.3 Å². The molecule has 1 aromatic rings. The van der Waals surface area contributed by atoms with Crippen LogP contribution in [0.1, 0.15) is 58.9 Å². The van der Waals surface area contributed by atoms with Gasteiger partial charge in [-0.05, 0) is 41.9 Å². The number of benzene rings is 1. The molecule has 1 amide bonds. The van der Waals surface area contributed by atoms with Gasteiger partial charge in [0.2, 0.25) is 5.91 Å². The van der Waals surface area contributed by atoms with Crippen LogP contribution in [-0.2, 0) is 11.3 Å². The summed E-state index contributed by atoms with van der Waals surface area (Å²) in [6.45, 7) is 9.52. The van der Waals surface area contributed by atoms with Gasteiger partial charge in [-0.25, -0.2) is 0 Å². The summed E-state index contributed by atoms with van der Waals surface area (Å²) in [6.07, 6.45) is 5.33. The van der Waals surface area contributed by atoms with Crippen molar-refractivity contribution in [3.63, 3.8) is 0 Å². The van der Waals surface area contributed by atoms with Crippen LogP contribution < -0.4 is 10.6 Å². The van der Waals surface area contributed by atoms with Gasteiger partial charge >= 0.3 is 0 Å². The first kappa shape index (κ1) is 17.0. The first-order valence-corrected chi connectivity index (χ1v) is 8.46. The van der Waals surface area contributed by atoms with Crippen molar-refractivity contribution in [3.05, 3.63) is 29.8 Å². The van der Waals surface area contributed by atoms with Gasteiger partial charge in [0.05, 0.1) is 0 Å². The van der Waals surface area contributed by atoms with Crippen LogP contribution in [0.15, 0.2) is 24.3 Å². The molecule has 1 fully saturated rings. The Kier molecular flexibility index (Phi) is 5.63. The molecule has 1 saturated carbocycles. The summed E-state index contributed by atoms with van der Waals surface area (Å²) in [6, 6.07) is 8.74. The Hall–Kier alpha value is -1.35. The molecule has 0 bridgehead atoms. The highest BCUT2D eigenvalue weighted by atomic mass is 16.1. The first-order valence-electron chi connectivity index (χ1n) is 8.46. The number of anilines is 1. The van der Waals surface area contributed by atoms with Crippen LogP contribution in [0.25, 0.3) is 0 Å². The van der Waals surface area contributed by atoms with E-state index in [-0.39, 0.29) is 5.91 Å². The van der Waals surface area contributed by atoms with Crippen molar-refractivity contribution in [2.75, 3.05) is 5.32 Å². The largest absolute Gasteiger partial charge is 0.326 e. The lowest BCUT2D eigenvalue weighted by molar-refractivity contribution is -0.114. The van der Waals surface area contributed by atoms with Crippen LogP contribution in [0.5, 0.6) is 0 Å². The summed E-state index contributed by atoms with van der Waals surface area (Å²) < 4.78 is 0. The molecule has 0 aliphatic heterocycles. The van der Waals surface area contributed by atoms with E-state index in [2.05, 4.69) is 43.5 Å². The highest BCUT2D eigenvalue weighted by Crippen LogP contribution is 2.38. The number of amides is 1. The molecule has 0 spiro atoms. The van der Waals surface area contributed by atoms with Crippen molar-refractivity contribution in [1.29, 1.82) is 0 Å². The fourth-order valence-corrected chi connectivity index (χ4v) is 3.57. The lowest BCUT2D eigenvalue weighted by Gasteiger charge is -2.41. The van der Waals surface area contributed by atoms with Gasteiger partial charge in [-0.3, -0.25) is 4.79 Å². The zero-order valence-corrected chi connectivity index (χ0v) is 14.4. The third-order valence-electron chi connectivity index (χ3n) is 4.72. The average Bonchev–Trinajstić information content (AvgIpc) is 2.45. The minimum Gasteiger partial charge on any atom is -0.326 e. The Morgan fingerprint density at radius 2 is 1.77 bits per heavy atom. The second-order valence-electron chi connectivity index (χ2n) is 7.62. The maximum absolute atomic E-state index is 11.0. The van der Waals surface area contributed by atoms with E-state index < -0.39 is 0 Å². The molecule has 1 aromatic carbocycles. The third kappa shape index (κ3) is 4.84. The van der Waals surface area contributed by atoms with Crippen LogP contribution in [-0.4, -0.2) is 11.9 Å². The van der Waals surface area contributed by atoms with Crippen LogP contribution >= 0.6 is 0 Å². The molecule has 1 aliphatic carbocycles.